The standard InChI is InChI=1S/C21H30N4O6/c1-6-12(2)16(24-20(30)31-21(3,4)5)18(27)23-11-15(26)25-14(19(28)29)10-13-8-7-9-22-17(13)25/h7-9,12,14,16H,6,10-11H2,1-5H3,(H,23,27)(H,24,30)(H,28,29)/t12-,14-,16-/m0/s1. The molecular weight excluding hydrogens is 404 g/mol. The van der Waals surface area contributed by atoms with E-state index in [-0.39, 0.29) is 18.2 Å². The predicted molar refractivity (Wildman–Crippen MR) is 112 cm³/mol. The molecule has 0 bridgehead atoms. The number of amides is 3. The Labute approximate surface area is 181 Å². The second-order valence-corrected chi connectivity index (χ2v) is 8.54. The molecule has 0 saturated heterocycles. The fraction of sp³-hybridized carbons (Fsp3) is 0.571. The maximum Gasteiger partial charge on any atom is 0.408 e. The summed E-state index contributed by atoms with van der Waals surface area (Å²) in [4.78, 5) is 54.5. The van der Waals surface area contributed by atoms with Crippen molar-refractivity contribution in [2.24, 2.45) is 5.92 Å². The maximum absolute atomic E-state index is 12.8. The second-order valence-electron chi connectivity index (χ2n) is 8.54. The van der Waals surface area contributed by atoms with E-state index >= 15 is 0 Å². The molecule has 2 heterocycles. The smallest absolute Gasteiger partial charge is 0.408 e. The van der Waals surface area contributed by atoms with Gasteiger partial charge in [0.15, 0.2) is 0 Å². The predicted octanol–water partition coefficient (Wildman–Crippen LogP) is 1.48. The first kappa shape index (κ1) is 24.1. The minimum atomic E-state index is -1.15. The van der Waals surface area contributed by atoms with Gasteiger partial charge >= 0.3 is 12.1 Å². The zero-order chi connectivity index (χ0) is 23.3. The van der Waals surface area contributed by atoms with Crippen LogP contribution in [-0.2, 0) is 25.5 Å². The van der Waals surface area contributed by atoms with Crippen molar-refractivity contribution in [3.63, 3.8) is 0 Å². The number of carboxylic acids is 1. The van der Waals surface area contributed by atoms with Gasteiger partial charge in [-0.3, -0.25) is 14.5 Å². The highest BCUT2D eigenvalue weighted by Crippen LogP contribution is 2.29. The van der Waals surface area contributed by atoms with Crippen LogP contribution in [0.5, 0.6) is 0 Å². The molecule has 3 N–H and O–H groups in total. The number of carbonyl (C=O) groups excluding carboxylic acids is 3. The van der Waals surface area contributed by atoms with Crippen molar-refractivity contribution in [1.29, 1.82) is 0 Å². The van der Waals surface area contributed by atoms with Crippen LogP contribution in [0.1, 0.15) is 46.6 Å². The molecule has 1 aliphatic rings. The van der Waals surface area contributed by atoms with Gasteiger partial charge in [-0.2, -0.15) is 0 Å². The van der Waals surface area contributed by atoms with Crippen LogP contribution < -0.4 is 15.5 Å². The quantitative estimate of drug-likeness (QED) is 0.591. The lowest BCUT2D eigenvalue weighted by Gasteiger charge is -2.27. The Balaban J connectivity index is 2.08. The fourth-order valence-electron chi connectivity index (χ4n) is 3.24. The Bertz CT molecular complexity index is 851. The number of hydrogen-bond acceptors (Lipinski definition) is 6. The summed E-state index contributed by atoms with van der Waals surface area (Å²) < 4.78 is 5.22. The van der Waals surface area contributed by atoms with Crippen molar-refractivity contribution in [1.82, 2.24) is 15.6 Å². The molecule has 1 aromatic heterocycles. The Morgan fingerprint density at radius 3 is 2.58 bits per heavy atom. The largest absolute Gasteiger partial charge is 0.480 e. The third kappa shape index (κ3) is 6.16. The lowest BCUT2D eigenvalue weighted by Crippen LogP contribution is -2.54. The first-order chi connectivity index (χ1) is 14.4. The molecule has 0 radical (unpaired) electrons. The number of hydrogen-bond donors (Lipinski definition) is 3. The molecule has 10 heteroatoms. The summed E-state index contributed by atoms with van der Waals surface area (Å²) >= 11 is 0. The molecule has 0 unspecified atom stereocenters. The molecule has 10 nitrogen and oxygen atoms in total. The number of carboxylic acid groups (broad SMARTS) is 1. The van der Waals surface area contributed by atoms with Gasteiger partial charge in [-0.25, -0.2) is 14.6 Å². The number of carbonyl (C=O) groups is 4. The first-order valence-electron chi connectivity index (χ1n) is 10.2. The molecule has 0 fully saturated rings. The van der Waals surface area contributed by atoms with Crippen molar-refractivity contribution in [2.45, 2.75) is 65.1 Å². The average Bonchev–Trinajstić information content (AvgIpc) is 3.08. The van der Waals surface area contributed by atoms with E-state index in [4.69, 9.17) is 4.74 Å². The maximum atomic E-state index is 12.8. The molecule has 1 aromatic rings. The zero-order valence-corrected chi connectivity index (χ0v) is 18.5. The van der Waals surface area contributed by atoms with E-state index in [1.165, 1.54) is 6.20 Å². The number of fused-ring (bicyclic) bond motifs is 1. The Hall–Kier alpha value is -3.17. The number of rotatable bonds is 7. The molecule has 170 valence electrons. The third-order valence-electron chi connectivity index (χ3n) is 4.96. The van der Waals surface area contributed by atoms with Gasteiger partial charge in [0, 0.05) is 12.6 Å². The number of alkyl carbamates (subject to hydrolysis) is 1. The molecule has 2 rings (SSSR count). The molecule has 1 aliphatic heterocycles. The van der Waals surface area contributed by atoms with Gasteiger partial charge in [-0.15, -0.1) is 0 Å². The number of ether oxygens (including phenoxy) is 1. The summed E-state index contributed by atoms with van der Waals surface area (Å²) in [6.07, 6.45) is 1.49. The van der Waals surface area contributed by atoms with Gasteiger partial charge in [0.2, 0.25) is 11.8 Å². The number of anilines is 1. The Morgan fingerprint density at radius 2 is 2.00 bits per heavy atom. The van der Waals surface area contributed by atoms with Gasteiger partial charge in [0.1, 0.15) is 23.5 Å². The highest BCUT2D eigenvalue weighted by Gasteiger charge is 2.39. The Kier molecular flexibility index (Phi) is 7.59. The van der Waals surface area contributed by atoms with Gasteiger partial charge in [0.25, 0.3) is 0 Å². The van der Waals surface area contributed by atoms with Crippen LogP contribution in [0.15, 0.2) is 18.3 Å². The zero-order valence-electron chi connectivity index (χ0n) is 18.5. The van der Waals surface area contributed by atoms with E-state index < -0.39 is 48.1 Å². The van der Waals surface area contributed by atoms with Crippen molar-refractivity contribution in [3.8, 4) is 0 Å². The molecular formula is C21H30N4O6. The number of aliphatic carboxylic acids is 1. The first-order valence-corrected chi connectivity index (χ1v) is 10.2. The lowest BCUT2D eigenvalue weighted by molar-refractivity contribution is -0.139. The fourth-order valence-corrected chi connectivity index (χ4v) is 3.24. The highest BCUT2D eigenvalue weighted by molar-refractivity contribution is 6.03. The van der Waals surface area contributed by atoms with Gasteiger partial charge in [0.05, 0.1) is 6.54 Å². The van der Waals surface area contributed by atoms with E-state index in [1.807, 2.05) is 6.92 Å². The van der Waals surface area contributed by atoms with Crippen LogP contribution in [0.3, 0.4) is 0 Å². The summed E-state index contributed by atoms with van der Waals surface area (Å²) in [5.41, 5.74) is -0.0722. The average molecular weight is 434 g/mol. The highest BCUT2D eigenvalue weighted by atomic mass is 16.6. The van der Waals surface area contributed by atoms with E-state index in [0.717, 1.165) is 4.90 Å². The number of aromatic nitrogens is 1. The van der Waals surface area contributed by atoms with Gasteiger partial charge in [-0.05, 0) is 38.3 Å². The van der Waals surface area contributed by atoms with E-state index in [0.29, 0.717) is 12.0 Å². The molecule has 0 aliphatic carbocycles. The monoisotopic (exact) mass is 434 g/mol. The summed E-state index contributed by atoms with van der Waals surface area (Å²) in [7, 11) is 0. The van der Waals surface area contributed by atoms with Crippen molar-refractivity contribution in [2.75, 3.05) is 11.4 Å². The normalized spacial score (nSPS) is 17.3. The van der Waals surface area contributed by atoms with Crippen molar-refractivity contribution < 1.29 is 29.0 Å². The van der Waals surface area contributed by atoms with Gasteiger partial charge in [-0.1, -0.05) is 26.3 Å². The SMILES string of the molecule is CC[C@H](C)[C@H](NC(=O)OC(C)(C)C)C(=O)NCC(=O)N1c2ncccc2C[C@H]1C(=O)O. The van der Waals surface area contributed by atoms with Crippen LogP contribution in [0.4, 0.5) is 10.6 Å². The van der Waals surface area contributed by atoms with Crippen LogP contribution >= 0.6 is 0 Å². The summed E-state index contributed by atoms with van der Waals surface area (Å²) in [6.45, 7) is 8.38. The van der Waals surface area contributed by atoms with Crippen LogP contribution in [-0.4, -0.2) is 58.2 Å². The third-order valence-corrected chi connectivity index (χ3v) is 4.96. The molecule has 0 aromatic carbocycles. The molecule has 3 atom stereocenters. The molecule has 3 amide bonds. The number of nitrogens with one attached hydrogen (secondary N) is 2. The van der Waals surface area contributed by atoms with E-state index in [1.54, 1.807) is 39.8 Å². The van der Waals surface area contributed by atoms with Crippen molar-refractivity contribution in [3.05, 3.63) is 23.9 Å². The second kappa shape index (κ2) is 9.76. The van der Waals surface area contributed by atoms with Crippen molar-refractivity contribution >= 4 is 29.7 Å². The molecule has 31 heavy (non-hydrogen) atoms. The van der Waals surface area contributed by atoms with Gasteiger partial charge < -0.3 is 20.5 Å². The summed E-state index contributed by atoms with van der Waals surface area (Å²) in [6, 6.07) is 1.40. The molecule has 0 saturated carbocycles. The summed E-state index contributed by atoms with van der Waals surface area (Å²) in [5.74, 6) is -2.25. The topological polar surface area (TPSA) is 138 Å². The lowest BCUT2D eigenvalue weighted by atomic mass is 9.98. The van der Waals surface area contributed by atoms with Crippen LogP contribution in [0.2, 0.25) is 0 Å². The minimum absolute atomic E-state index is 0.147. The van der Waals surface area contributed by atoms with Crippen LogP contribution in [0.25, 0.3) is 0 Å². The van der Waals surface area contributed by atoms with E-state index in [2.05, 4.69) is 15.6 Å². The minimum Gasteiger partial charge on any atom is -0.480 e. The summed E-state index contributed by atoms with van der Waals surface area (Å²) in [5, 5.41) is 14.6. The Morgan fingerprint density at radius 1 is 1.32 bits per heavy atom. The van der Waals surface area contributed by atoms with Crippen LogP contribution in [0, 0.1) is 5.92 Å². The number of pyridine rings is 1. The molecule has 0 spiro atoms. The van der Waals surface area contributed by atoms with E-state index in [9.17, 15) is 24.3 Å². The number of nitrogens with zero attached hydrogens (tertiary/aromatic N) is 2.